The molecule has 1 fully saturated rings. The van der Waals surface area contributed by atoms with Crippen LogP contribution >= 0.6 is 0 Å². The molecule has 1 aromatic carbocycles. The molecule has 0 radical (unpaired) electrons. The number of aromatic nitrogens is 4. The van der Waals surface area contributed by atoms with Crippen LogP contribution < -0.4 is 11.2 Å². The second-order valence-electron chi connectivity index (χ2n) is 8.76. The van der Waals surface area contributed by atoms with E-state index in [-0.39, 0.29) is 17.2 Å². The van der Waals surface area contributed by atoms with E-state index in [1.54, 1.807) is 10.8 Å². The lowest BCUT2D eigenvalue weighted by Gasteiger charge is -2.32. The van der Waals surface area contributed by atoms with E-state index < -0.39 is 0 Å². The number of likely N-dealkylation sites (tertiary alicyclic amines) is 1. The van der Waals surface area contributed by atoms with Gasteiger partial charge in [-0.25, -0.2) is 9.78 Å². The molecule has 0 spiro atoms. The second kappa shape index (κ2) is 9.11. The van der Waals surface area contributed by atoms with Crippen molar-refractivity contribution in [2.24, 2.45) is 7.05 Å². The molecule has 0 N–H and O–H groups in total. The third kappa shape index (κ3) is 4.36. The summed E-state index contributed by atoms with van der Waals surface area (Å²) in [7, 11) is 1.52. The van der Waals surface area contributed by atoms with Crippen molar-refractivity contribution in [2.45, 2.75) is 31.8 Å². The molecule has 7 heteroatoms. The Morgan fingerprint density at radius 3 is 2.58 bits per heavy atom. The molecule has 1 aliphatic rings. The molecule has 4 heterocycles. The maximum atomic E-state index is 13.0. The Labute approximate surface area is 192 Å². The van der Waals surface area contributed by atoms with Gasteiger partial charge in [0.25, 0.3) is 5.56 Å². The molecule has 3 aromatic heterocycles. The van der Waals surface area contributed by atoms with Crippen molar-refractivity contribution < 1.29 is 0 Å². The Morgan fingerprint density at radius 2 is 1.79 bits per heavy atom. The van der Waals surface area contributed by atoms with Crippen LogP contribution in [0.15, 0.2) is 76.6 Å². The van der Waals surface area contributed by atoms with Crippen molar-refractivity contribution in [2.75, 3.05) is 13.1 Å². The molecule has 5 rings (SSSR count). The highest BCUT2D eigenvalue weighted by Gasteiger charge is 2.24. The summed E-state index contributed by atoms with van der Waals surface area (Å²) in [6.07, 6.45) is 5.82. The van der Waals surface area contributed by atoms with E-state index in [2.05, 4.69) is 16.0 Å². The summed E-state index contributed by atoms with van der Waals surface area (Å²) in [6.45, 7) is 3.16. The summed E-state index contributed by atoms with van der Waals surface area (Å²) in [6, 6.07) is 17.7. The van der Waals surface area contributed by atoms with Crippen LogP contribution in [-0.4, -0.2) is 37.1 Å². The van der Waals surface area contributed by atoms with Crippen molar-refractivity contribution in [3.8, 4) is 0 Å². The molecule has 168 valence electrons. The summed E-state index contributed by atoms with van der Waals surface area (Å²) in [5.41, 5.74) is 2.95. The zero-order chi connectivity index (χ0) is 22.8. The summed E-state index contributed by atoms with van der Waals surface area (Å²) < 4.78 is 2.79. The van der Waals surface area contributed by atoms with E-state index in [1.807, 2.05) is 54.7 Å². The van der Waals surface area contributed by atoms with Crippen molar-refractivity contribution in [3.05, 3.63) is 105 Å². The Balaban J connectivity index is 1.50. The highest BCUT2D eigenvalue weighted by atomic mass is 16.2. The largest absolute Gasteiger partial charge is 0.332 e. The molecule has 0 bridgehead atoms. The number of rotatable bonds is 5. The Bertz CT molecular complexity index is 1380. The zero-order valence-corrected chi connectivity index (χ0v) is 18.7. The number of piperidine rings is 1. The van der Waals surface area contributed by atoms with Crippen LogP contribution in [0.2, 0.25) is 0 Å². The van der Waals surface area contributed by atoms with Gasteiger partial charge >= 0.3 is 5.69 Å². The van der Waals surface area contributed by atoms with Crippen molar-refractivity contribution in [1.82, 2.24) is 24.0 Å². The van der Waals surface area contributed by atoms with Gasteiger partial charge in [0, 0.05) is 44.1 Å². The minimum atomic E-state index is -0.345. The van der Waals surface area contributed by atoms with Gasteiger partial charge in [0.15, 0.2) is 0 Å². The first-order chi connectivity index (χ1) is 16.1. The first-order valence-corrected chi connectivity index (χ1v) is 11.4. The molecule has 0 amide bonds. The van der Waals surface area contributed by atoms with Crippen LogP contribution in [0.5, 0.6) is 0 Å². The molecule has 0 aliphatic carbocycles. The molecular formula is C26H27N5O2. The Kier molecular flexibility index (Phi) is 5.88. The van der Waals surface area contributed by atoms with Gasteiger partial charge in [-0.2, -0.15) is 0 Å². The predicted octanol–water partition coefficient (Wildman–Crippen LogP) is 2.92. The average Bonchev–Trinajstić information content (AvgIpc) is 2.86. The predicted molar refractivity (Wildman–Crippen MR) is 128 cm³/mol. The number of hydrogen-bond donors (Lipinski definition) is 0. The molecular weight excluding hydrogens is 414 g/mol. The lowest BCUT2D eigenvalue weighted by atomic mass is 9.94. The van der Waals surface area contributed by atoms with E-state index in [1.165, 1.54) is 17.2 Å². The number of nitrogens with zero attached hydrogens (tertiary/aromatic N) is 5. The SMILES string of the molecule is Cn1c(=O)c2ccc([C@@H]3CCCN(Cc4cccnc4)C3)nc2n(Cc2ccccc2)c1=O. The van der Waals surface area contributed by atoms with Gasteiger partial charge in [-0.1, -0.05) is 36.4 Å². The van der Waals surface area contributed by atoms with E-state index in [9.17, 15) is 9.59 Å². The van der Waals surface area contributed by atoms with Gasteiger partial charge in [-0.05, 0) is 48.7 Å². The quantitative estimate of drug-likeness (QED) is 0.476. The molecule has 4 aromatic rings. The fourth-order valence-corrected chi connectivity index (χ4v) is 4.70. The maximum Gasteiger partial charge on any atom is 0.332 e. The lowest BCUT2D eigenvalue weighted by Crippen LogP contribution is -2.39. The third-order valence-corrected chi connectivity index (χ3v) is 6.44. The van der Waals surface area contributed by atoms with Crippen LogP contribution in [0.3, 0.4) is 0 Å². The van der Waals surface area contributed by atoms with E-state index in [4.69, 9.17) is 4.98 Å². The van der Waals surface area contributed by atoms with Gasteiger partial charge < -0.3 is 0 Å². The Hall–Kier alpha value is -3.58. The molecule has 0 unspecified atom stereocenters. The van der Waals surface area contributed by atoms with Crippen molar-refractivity contribution >= 4 is 11.0 Å². The lowest BCUT2D eigenvalue weighted by molar-refractivity contribution is 0.198. The fourth-order valence-electron chi connectivity index (χ4n) is 4.70. The fraction of sp³-hybridized carbons (Fsp3) is 0.308. The number of pyridine rings is 2. The first kappa shape index (κ1) is 21.3. The van der Waals surface area contributed by atoms with Crippen molar-refractivity contribution in [1.29, 1.82) is 0 Å². The summed E-state index contributed by atoms with van der Waals surface area (Å²) >= 11 is 0. The molecule has 1 atom stereocenters. The van der Waals surface area contributed by atoms with Crippen LogP contribution in [0.25, 0.3) is 11.0 Å². The average molecular weight is 442 g/mol. The topological polar surface area (TPSA) is 73.0 Å². The van der Waals surface area contributed by atoms with Crippen LogP contribution in [-0.2, 0) is 20.1 Å². The second-order valence-corrected chi connectivity index (χ2v) is 8.76. The van der Waals surface area contributed by atoms with Gasteiger partial charge in [0.2, 0.25) is 0 Å². The number of fused-ring (bicyclic) bond motifs is 1. The minimum Gasteiger partial charge on any atom is -0.298 e. The summed E-state index contributed by atoms with van der Waals surface area (Å²) in [5.74, 6) is 0.254. The monoisotopic (exact) mass is 441 g/mol. The minimum absolute atomic E-state index is 0.254. The molecule has 7 nitrogen and oxygen atoms in total. The standard InChI is InChI=1S/C26H27N5O2/c1-29-25(32)22-11-12-23(21-10-6-14-30(18-21)16-20-9-5-13-27-15-20)28-24(22)31(26(29)33)17-19-7-3-2-4-8-19/h2-5,7-9,11-13,15,21H,6,10,14,16-18H2,1H3/t21-/m1/s1. The number of hydrogen-bond acceptors (Lipinski definition) is 5. The van der Waals surface area contributed by atoms with E-state index in [0.717, 1.165) is 43.7 Å². The normalized spacial score (nSPS) is 16.8. The smallest absolute Gasteiger partial charge is 0.298 e. The molecule has 1 aliphatic heterocycles. The van der Waals surface area contributed by atoms with Gasteiger partial charge in [-0.15, -0.1) is 0 Å². The van der Waals surface area contributed by atoms with Crippen LogP contribution in [0, 0.1) is 0 Å². The van der Waals surface area contributed by atoms with E-state index in [0.29, 0.717) is 17.6 Å². The van der Waals surface area contributed by atoms with Gasteiger partial charge in [0.05, 0.1) is 11.9 Å². The maximum absolute atomic E-state index is 13.0. The van der Waals surface area contributed by atoms with Crippen molar-refractivity contribution in [3.63, 3.8) is 0 Å². The van der Waals surface area contributed by atoms with E-state index >= 15 is 0 Å². The third-order valence-electron chi connectivity index (χ3n) is 6.44. The van der Waals surface area contributed by atoms with Gasteiger partial charge in [-0.3, -0.25) is 23.8 Å². The number of benzene rings is 1. The Morgan fingerprint density at radius 1 is 0.970 bits per heavy atom. The summed E-state index contributed by atoms with van der Waals surface area (Å²) in [4.78, 5) is 37.4. The molecule has 0 saturated carbocycles. The van der Waals surface area contributed by atoms with Crippen LogP contribution in [0.4, 0.5) is 0 Å². The molecule has 33 heavy (non-hydrogen) atoms. The molecule has 1 saturated heterocycles. The highest BCUT2D eigenvalue weighted by Crippen LogP contribution is 2.27. The van der Waals surface area contributed by atoms with Crippen LogP contribution in [0.1, 0.15) is 35.6 Å². The van der Waals surface area contributed by atoms with Gasteiger partial charge in [0.1, 0.15) is 5.65 Å². The first-order valence-electron chi connectivity index (χ1n) is 11.4. The zero-order valence-electron chi connectivity index (χ0n) is 18.7. The summed E-state index contributed by atoms with van der Waals surface area (Å²) in [5, 5.41) is 0.472. The highest BCUT2D eigenvalue weighted by molar-refractivity contribution is 5.74.